The van der Waals surface area contributed by atoms with Crippen LogP contribution in [0.2, 0.25) is 0 Å². The van der Waals surface area contributed by atoms with Crippen LogP contribution in [0.4, 0.5) is 9.59 Å². The van der Waals surface area contributed by atoms with Gasteiger partial charge in [-0.25, -0.2) is 9.59 Å². The van der Waals surface area contributed by atoms with E-state index in [0.717, 1.165) is 27.8 Å². The largest absolute Gasteiger partial charge is 0.448 e. The molecule has 1 aliphatic carbocycles. The van der Waals surface area contributed by atoms with Crippen LogP contribution in [0.15, 0.2) is 78.9 Å². The molecule has 7 nitrogen and oxygen atoms in total. The number of amides is 2. The lowest BCUT2D eigenvalue weighted by Crippen LogP contribution is -2.47. The van der Waals surface area contributed by atoms with E-state index in [4.69, 9.17) is 9.47 Å². The first kappa shape index (κ1) is 25.8. The van der Waals surface area contributed by atoms with E-state index < -0.39 is 29.9 Å². The Balaban J connectivity index is 1.35. The van der Waals surface area contributed by atoms with Crippen LogP contribution in [-0.4, -0.2) is 64.5 Å². The molecular formula is C31H34N2O5. The Morgan fingerprint density at radius 1 is 0.895 bits per heavy atom. The summed E-state index contributed by atoms with van der Waals surface area (Å²) < 4.78 is 11.5. The molecule has 0 spiro atoms. The van der Waals surface area contributed by atoms with Crippen LogP contribution < -0.4 is 0 Å². The number of carbonyl (C=O) groups excluding carboxylic acids is 2. The van der Waals surface area contributed by atoms with Crippen molar-refractivity contribution in [2.75, 3.05) is 19.7 Å². The maximum absolute atomic E-state index is 13.6. The van der Waals surface area contributed by atoms with Gasteiger partial charge in [-0.2, -0.15) is 0 Å². The van der Waals surface area contributed by atoms with Crippen molar-refractivity contribution < 1.29 is 24.2 Å². The predicted octanol–water partition coefficient (Wildman–Crippen LogP) is 5.42. The lowest BCUT2D eigenvalue weighted by molar-refractivity contribution is 0.0267. The maximum atomic E-state index is 13.6. The van der Waals surface area contributed by atoms with Gasteiger partial charge in [-0.1, -0.05) is 78.9 Å². The molecule has 3 aromatic rings. The highest BCUT2D eigenvalue weighted by Gasteiger charge is 2.42. The van der Waals surface area contributed by atoms with Gasteiger partial charge in [0.05, 0.1) is 18.7 Å². The van der Waals surface area contributed by atoms with Crippen molar-refractivity contribution in [3.05, 3.63) is 95.6 Å². The standard InChI is InChI=1S/C31H34N2O5/c1-31(2,3)38-29(35)32-18-27(28(34)19-32)33(17-21-11-5-4-6-12-21)30(36)37-20-26-24-15-9-7-13-22(24)23-14-8-10-16-25(23)26/h4-16,26-28,34H,17-20H2,1-3H3/t27-,28-/m0/s1. The summed E-state index contributed by atoms with van der Waals surface area (Å²) in [7, 11) is 0. The Morgan fingerprint density at radius 2 is 1.47 bits per heavy atom. The predicted molar refractivity (Wildman–Crippen MR) is 145 cm³/mol. The van der Waals surface area contributed by atoms with Gasteiger partial charge in [0.2, 0.25) is 0 Å². The van der Waals surface area contributed by atoms with Crippen molar-refractivity contribution >= 4 is 12.2 Å². The molecule has 0 unspecified atom stereocenters. The first-order valence-electron chi connectivity index (χ1n) is 13.0. The number of hydrogen-bond acceptors (Lipinski definition) is 5. The monoisotopic (exact) mass is 514 g/mol. The Morgan fingerprint density at radius 3 is 2.08 bits per heavy atom. The van der Waals surface area contributed by atoms with Gasteiger partial charge in [0.1, 0.15) is 12.2 Å². The molecule has 0 aromatic heterocycles. The number of likely N-dealkylation sites (tertiary alicyclic amines) is 1. The van der Waals surface area contributed by atoms with Gasteiger partial charge >= 0.3 is 12.2 Å². The molecule has 198 valence electrons. The molecule has 1 N–H and O–H groups in total. The zero-order chi connectivity index (χ0) is 26.9. The number of aliphatic hydroxyl groups is 1. The average Bonchev–Trinajstić information content (AvgIpc) is 3.43. The minimum atomic E-state index is -0.924. The molecule has 38 heavy (non-hydrogen) atoms. The van der Waals surface area contributed by atoms with E-state index in [2.05, 4.69) is 24.3 Å². The number of nitrogens with zero attached hydrogens (tertiary/aromatic N) is 2. The molecule has 2 atom stereocenters. The van der Waals surface area contributed by atoms with E-state index in [1.165, 1.54) is 9.80 Å². The fourth-order valence-electron chi connectivity index (χ4n) is 5.33. The smallest absolute Gasteiger partial charge is 0.410 e. The first-order valence-corrected chi connectivity index (χ1v) is 13.0. The SMILES string of the molecule is CC(C)(C)OC(=O)N1C[C@H](O)[C@@H](N(Cc2ccccc2)C(=O)OCC2c3ccccc3-c3ccccc32)C1. The number of aliphatic hydroxyl groups excluding tert-OH is 1. The average molecular weight is 515 g/mol. The number of hydrogen-bond donors (Lipinski definition) is 1. The molecule has 0 saturated carbocycles. The number of fused-ring (bicyclic) bond motifs is 3. The van der Waals surface area contributed by atoms with Crippen LogP contribution in [0.5, 0.6) is 0 Å². The Hall–Kier alpha value is -3.84. The van der Waals surface area contributed by atoms with Gasteiger partial charge in [-0.05, 0) is 48.6 Å². The van der Waals surface area contributed by atoms with Crippen LogP contribution in [0.1, 0.15) is 43.4 Å². The maximum Gasteiger partial charge on any atom is 0.410 e. The van der Waals surface area contributed by atoms with Crippen molar-refractivity contribution in [1.82, 2.24) is 9.80 Å². The quantitative estimate of drug-likeness (QED) is 0.492. The molecule has 0 radical (unpaired) electrons. The van der Waals surface area contributed by atoms with Crippen LogP contribution in [0.3, 0.4) is 0 Å². The Kier molecular flexibility index (Phi) is 7.13. The van der Waals surface area contributed by atoms with Crippen LogP contribution >= 0.6 is 0 Å². The summed E-state index contributed by atoms with van der Waals surface area (Å²) in [5.41, 5.74) is 4.83. The summed E-state index contributed by atoms with van der Waals surface area (Å²) in [6.45, 7) is 6.07. The van der Waals surface area contributed by atoms with Crippen LogP contribution in [0, 0.1) is 0 Å². The van der Waals surface area contributed by atoms with Gasteiger partial charge in [0, 0.05) is 19.0 Å². The van der Waals surface area contributed by atoms with Gasteiger partial charge < -0.3 is 19.5 Å². The third-order valence-electron chi connectivity index (χ3n) is 7.08. The van der Waals surface area contributed by atoms with Crippen molar-refractivity contribution in [1.29, 1.82) is 0 Å². The zero-order valence-electron chi connectivity index (χ0n) is 22.0. The molecule has 5 rings (SSSR count). The number of ether oxygens (including phenoxy) is 2. The fourth-order valence-corrected chi connectivity index (χ4v) is 5.33. The van der Waals surface area contributed by atoms with E-state index in [1.54, 1.807) is 20.8 Å². The summed E-state index contributed by atoms with van der Waals surface area (Å²) in [6.07, 6.45) is -1.95. The number of benzene rings is 3. The summed E-state index contributed by atoms with van der Waals surface area (Å²) in [4.78, 5) is 29.3. The first-order chi connectivity index (χ1) is 18.2. The van der Waals surface area contributed by atoms with E-state index in [0.29, 0.717) is 0 Å². The molecule has 1 heterocycles. The van der Waals surface area contributed by atoms with Crippen molar-refractivity contribution in [3.8, 4) is 11.1 Å². The highest BCUT2D eigenvalue weighted by molar-refractivity contribution is 5.79. The summed E-state index contributed by atoms with van der Waals surface area (Å²) >= 11 is 0. The second kappa shape index (κ2) is 10.5. The Labute approximate surface area is 223 Å². The normalized spacial score (nSPS) is 18.6. The highest BCUT2D eigenvalue weighted by atomic mass is 16.6. The lowest BCUT2D eigenvalue weighted by atomic mass is 9.98. The minimum Gasteiger partial charge on any atom is -0.448 e. The molecule has 1 fully saturated rings. The molecule has 0 bridgehead atoms. The van der Waals surface area contributed by atoms with Crippen molar-refractivity contribution in [2.24, 2.45) is 0 Å². The van der Waals surface area contributed by atoms with Crippen molar-refractivity contribution in [3.63, 3.8) is 0 Å². The molecule has 2 amide bonds. The number of carbonyl (C=O) groups is 2. The highest BCUT2D eigenvalue weighted by Crippen LogP contribution is 2.44. The molecule has 1 saturated heterocycles. The summed E-state index contributed by atoms with van der Waals surface area (Å²) in [5, 5.41) is 10.9. The third kappa shape index (κ3) is 5.38. The van der Waals surface area contributed by atoms with Crippen LogP contribution in [-0.2, 0) is 16.0 Å². The lowest BCUT2D eigenvalue weighted by Gasteiger charge is -2.30. The second-order valence-corrected chi connectivity index (χ2v) is 10.9. The second-order valence-electron chi connectivity index (χ2n) is 10.9. The van der Waals surface area contributed by atoms with Gasteiger partial charge in [0.15, 0.2) is 0 Å². The molecule has 7 heteroatoms. The number of rotatable bonds is 5. The molecule has 1 aliphatic heterocycles. The van der Waals surface area contributed by atoms with Gasteiger partial charge in [-0.3, -0.25) is 4.90 Å². The van der Waals surface area contributed by atoms with Crippen LogP contribution in [0.25, 0.3) is 11.1 Å². The van der Waals surface area contributed by atoms with Gasteiger partial charge in [0.25, 0.3) is 0 Å². The summed E-state index contributed by atoms with van der Waals surface area (Å²) in [5.74, 6) is -0.0725. The molecule has 2 aliphatic rings. The Bertz CT molecular complexity index is 1260. The van der Waals surface area contributed by atoms with Gasteiger partial charge in [-0.15, -0.1) is 0 Å². The fraction of sp³-hybridized carbons (Fsp3) is 0.355. The van der Waals surface area contributed by atoms with E-state index >= 15 is 0 Å². The zero-order valence-corrected chi connectivity index (χ0v) is 22.0. The topological polar surface area (TPSA) is 79.3 Å². The minimum absolute atomic E-state index is 0.0725. The number of β-amino-alcohol motifs (C(OH)–C–C–N with tert-alkyl or cyclic N) is 1. The summed E-state index contributed by atoms with van der Waals surface area (Å²) in [6, 6.07) is 25.3. The van der Waals surface area contributed by atoms with Crippen molar-refractivity contribution in [2.45, 2.75) is 51.0 Å². The third-order valence-corrected chi connectivity index (χ3v) is 7.08. The van der Waals surface area contributed by atoms with E-state index in [9.17, 15) is 14.7 Å². The molecular weight excluding hydrogens is 480 g/mol. The molecule has 3 aromatic carbocycles. The van der Waals surface area contributed by atoms with E-state index in [-0.39, 0.29) is 32.2 Å². The van der Waals surface area contributed by atoms with E-state index in [1.807, 2.05) is 54.6 Å².